The lowest BCUT2D eigenvalue weighted by molar-refractivity contribution is 0.321. The average Bonchev–Trinajstić information content (AvgIpc) is 2.49. The van der Waals surface area contributed by atoms with E-state index in [1.165, 1.54) is 13.6 Å². The molecule has 0 saturated heterocycles. The largest absolute Gasteiger partial charge is 0.0791 e. The van der Waals surface area contributed by atoms with E-state index >= 15 is 0 Å². The molecule has 0 nitrogen and oxygen atoms in total. The number of allylic oxidation sites excluding steroid dienone is 8. The summed E-state index contributed by atoms with van der Waals surface area (Å²) >= 11 is 4.91. The van der Waals surface area contributed by atoms with Crippen LogP contribution in [0, 0.1) is 23.2 Å². The fourth-order valence-electron chi connectivity index (χ4n) is 3.64. The first-order valence-corrected chi connectivity index (χ1v) is 8.29. The molecule has 3 rings (SSSR count). The van der Waals surface area contributed by atoms with Crippen LogP contribution in [0.15, 0.2) is 43.1 Å². The van der Waals surface area contributed by atoms with E-state index in [0.29, 0.717) is 11.3 Å². The first-order chi connectivity index (χ1) is 8.00. The second-order valence-electron chi connectivity index (χ2n) is 5.77. The SMILES string of the molecule is CC1(C)C2=CC(I)=CC[C@@H]2C2C=CC(I)=CC21. The topological polar surface area (TPSA) is 0 Å². The Labute approximate surface area is 131 Å². The zero-order chi connectivity index (χ0) is 12.2. The monoisotopic (exact) mass is 450 g/mol. The third-order valence-electron chi connectivity index (χ3n) is 4.53. The smallest absolute Gasteiger partial charge is 0.00902 e. The Bertz CT molecular complexity index is 477. The molecule has 0 aromatic heterocycles. The van der Waals surface area contributed by atoms with Crippen molar-refractivity contribution in [3.05, 3.63) is 43.1 Å². The first kappa shape index (κ1) is 12.5. The van der Waals surface area contributed by atoms with E-state index in [0.717, 1.165) is 11.8 Å². The highest BCUT2D eigenvalue weighted by Gasteiger charge is 2.50. The van der Waals surface area contributed by atoms with E-state index in [4.69, 9.17) is 0 Å². The van der Waals surface area contributed by atoms with Crippen molar-refractivity contribution in [2.24, 2.45) is 23.2 Å². The molecule has 0 amide bonds. The van der Waals surface area contributed by atoms with Crippen molar-refractivity contribution in [1.29, 1.82) is 0 Å². The van der Waals surface area contributed by atoms with Crippen LogP contribution in [-0.2, 0) is 0 Å². The van der Waals surface area contributed by atoms with Gasteiger partial charge in [0.15, 0.2) is 0 Å². The molecule has 2 heteroatoms. The summed E-state index contributed by atoms with van der Waals surface area (Å²) in [6.45, 7) is 4.84. The molecule has 3 aliphatic carbocycles. The van der Waals surface area contributed by atoms with Crippen LogP contribution in [0.4, 0.5) is 0 Å². The van der Waals surface area contributed by atoms with Crippen molar-refractivity contribution in [3.8, 4) is 0 Å². The van der Waals surface area contributed by atoms with Gasteiger partial charge in [0, 0.05) is 7.16 Å². The Morgan fingerprint density at radius 3 is 2.76 bits per heavy atom. The molecular formula is C15H16I2. The molecule has 3 atom stereocenters. The lowest BCUT2D eigenvalue weighted by Crippen LogP contribution is -2.22. The summed E-state index contributed by atoms with van der Waals surface area (Å²) < 4.78 is 2.82. The zero-order valence-electron chi connectivity index (χ0n) is 10.1. The van der Waals surface area contributed by atoms with Crippen molar-refractivity contribution in [2.45, 2.75) is 20.3 Å². The van der Waals surface area contributed by atoms with Crippen LogP contribution >= 0.6 is 45.2 Å². The van der Waals surface area contributed by atoms with Crippen molar-refractivity contribution in [1.82, 2.24) is 0 Å². The van der Waals surface area contributed by atoms with Gasteiger partial charge in [0.25, 0.3) is 0 Å². The predicted octanol–water partition coefficient (Wildman–Crippen LogP) is 5.41. The molecule has 90 valence electrons. The van der Waals surface area contributed by atoms with Gasteiger partial charge in [0.1, 0.15) is 0 Å². The molecule has 0 aromatic rings. The molecule has 17 heavy (non-hydrogen) atoms. The Balaban J connectivity index is 2.09. The molecule has 1 saturated carbocycles. The highest BCUT2D eigenvalue weighted by atomic mass is 127. The van der Waals surface area contributed by atoms with Crippen LogP contribution in [0.1, 0.15) is 20.3 Å². The molecule has 0 aliphatic heterocycles. The van der Waals surface area contributed by atoms with Gasteiger partial charge >= 0.3 is 0 Å². The molecule has 2 unspecified atom stereocenters. The van der Waals surface area contributed by atoms with Gasteiger partial charge in [-0.25, -0.2) is 0 Å². The fourth-order valence-corrected chi connectivity index (χ4v) is 4.82. The molecule has 3 aliphatic rings. The van der Waals surface area contributed by atoms with E-state index in [1.54, 1.807) is 5.57 Å². The van der Waals surface area contributed by atoms with Gasteiger partial charge in [0.2, 0.25) is 0 Å². The van der Waals surface area contributed by atoms with Crippen molar-refractivity contribution >= 4 is 45.2 Å². The minimum Gasteiger partial charge on any atom is -0.0791 e. The van der Waals surface area contributed by atoms with E-state index in [9.17, 15) is 0 Å². The Morgan fingerprint density at radius 1 is 1.24 bits per heavy atom. The summed E-state index contributed by atoms with van der Waals surface area (Å²) in [6.07, 6.45) is 13.3. The number of hydrogen-bond acceptors (Lipinski definition) is 0. The second kappa shape index (κ2) is 4.22. The number of halogens is 2. The molecular weight excluding hydrogens is 434 g/mol. The fraction of sp³-hybridized carbons (Fsp3) is 0.467. The zero-order valence-corrected chi connectivity index (χ0v) is 14.4. The maximum atomic E-state index is 2.48. The predicted molar refractivity (Wildman–Crippen MR) is 90.3 cm³/mol. The van der Waals surface area contributed by atoms with E-state index in [2.05, 4.69) is 89.4 Å². The van der Waals surface area contributed by atoms with Gasteiger partial charge in [-0.05, 0) is 80.8 Å². The molecule has 0 heterocycles. The second-order valence-corrected chi connectivity index (χ2v) is 8.26. The Morgan fingerprint density at radius 2 is 2.00 bits per heavy atom. The lowest BCUT2D eigenvalue weighted by Gasteiger charge is -2.30. The molecule has 0 spiro atoms. The Hall–Kier alpha value is 0.420. The van der Waals surface area contributed by atoms with E-state index in [1.807, 2.05) is 0 Å². The van der Waals surface area contributed by atoms with Crippen LogP contribution in [0.5, 0.6) is 0 Å². The van der Waals surface area contributed by atoms with E-state index in [-0.39, 0.29) is 0 Å². The summed E-state index contributed by atoms with van der Waals surface area (Å²) in [7, 11) is 0. The van der Waals surface area contributed by atoms with Gasteiger partial charge in [-0.2, -0.15) is 0 Å². The number of fused-ring (bicyclic) bond motifs is 3. The Kier molecular flexibility index (Phi) is 3.09. The van der Waals surface area contributed by atoms with Crippen LogP contribution in [0.3, 0.4) is 0 Å². The maximum Gasteiger partial charge on any atom is 0.00902 e. The molecule has 0 N–H and O–H groups in total. The van der Waals surface area contributed by atoms with Crippen LogP contribution in [0.25, 0.3) is 0 Å². The normalized spacial score (nSPS) is 37.9. The molecule has 0 radical (unpaired) electrons. The minimum atomic E-state index is 0.321. The van der Waals surface area contributed by atoms with Gasteiger partial charge in [-0.1, -0.05) is 43.7 Å². The van der Waals surface area contributed by atoms with Gasteiger partial charge in [0.05, 0.1) is 0 Å². The number of rotatable bonds is 0. The summed E-state index contributed by atoms with van der Waals surface area (Å²) in [4.78, 5) is 0. The molecule has 1 fully saturated rings. The van der Waals surface area contributed by atoms with Crippen molar-refractivity contribution < 1.29 is 0 Å². The highest BCUT2D eigenvalue weighted by Crippen LogP contribution is 2.59. The van der Waals surface area contributed by atoms with Crippen LogP contribution < -0.4 is 0 Å². The summed E-state index contributed by atoms with van der Waals surface area (Å²) in [5, 5.41) is 0. The van der Waals surface area contributed by atoms with Crippen molar-refractivity contribution in [3.63, 3.8) is 0 Å². The van der Waals surface area contributed by atoms with E-state index < -0.39 is 0 Å². The first-order valence-electron chi connectivity index (χ1n) is 6.13. The quantitative estimate of drug-likeness (QED) is 0.433. The van der Waals surface area contributed by atoms with Crippen LogP contribution in [-0.4, -0.2) is 0 Å². The lowest BCUT2D eigenvalue weighted by atomic mass is 9.75. The number of hydrogen-bond donors (Lipinski definition) is 0. The summed E-state index contributed by atoms with van der Waals surface area (Å²) in [5.41, 5.74) is 1.99. The summed E-state index contributed by atoms with van der Waals surface area (Å²) in [6, 6.07) is 0. The van der Waals surface area contributed by atoms with Crippen LogP contribution in [0.2, 0.25) is 0 Å². The maximum absolute atomic E-state index is 2.48. The highest BCUT2D eigenvalue weighted by molar-refractivity contribution is 14.1. The minimum absolute atomic E-state index is 0.321. The van der Waals surface area contributed by atoms with Gasteiger partial charge < -0.3 is 0 Å². The van der Waals surface area contributed by atoms with Crippen molar-refractivity contribution in [2.75, 3.05) is 0 Å². The molecule has 0 bridgehead atoms. The molecule has 0 aromatic carbocycles. The summed E-state index contributed by atoms with van der Waals surface area (Å²) in [5.74, 6) is 2.15. The van der Waals surface area contributed by atoms with Gasteiger partial charge in [-0.15, -0.1) is 0 Å². The average molecular weight is 450 g/mol. The standard InChI is InChI=1S/C15H16I2/c1-15(2)13-7-9(16)3-5-11(13)12-6-4-10(17)8-14(12)15/h3-5,7-8,11-13H,6H2,1-2H3/t11?,12-,13?/m1/s1. The third-order valence-corrected chi connectivity index (χ3v) is 6.00. The third kappa shape index (κ3) is 1.90. The van der Waals surface area contributed by atoms with Gasteiger partial charge in [-0.3, -0.25) is 0 Å².